The Hall–Kier alpha value is -3.17. The van der Waals surface area contributed by atoms with Gasteiger partial charge in [0, 0.05) is 10.0 Å². The van der Waals surface area contributed by atoms with Gasteiger partial charge in [-0.25, -0.2) is 0 Å². The quantitative estimate of drug-likeness (QED) is 0.261. The Morgan fingerprint density at radius 1 is 1.08 bits per heavy atom. The van der Waals surface area contributed by atoms with Crippen LogP contribution in [0.25, 0.3) is 6.08 Å². The predicted molar refractivity (Wildman–Crippen MR) is 140 cm³/mol. The van der Waals surface area contributed by atoms with Gasteiger partial charge in [0.2, 0.25) is 0 Å². The van der Waals surface area contributed by atoms with Crippen LogP contribution >= 0.6 is 15.9 Å². The van der Waals surface area contributed by atoms with E-state index in [-0.39, 0.29) is 6.42 Å². The van der Waals surface area contributed by atoms with E-state index in [0.717, 1.165) is 40.9 Å². The minimum absolute atomic E-state index is 0.0191. The molecule has 0 fully saturated rings. The average molecular weight is 592 g/mol. The van der Waals surface area contributed by atoms with Crippen LogP contribution in [0.2, 0.25) is 0 Å². The molecular weight excluding hydrogens is 566 g/mol. The van der Waals surface area contributed by atoms with Gasteiger partial charge in [-0.05, 0) is 78.3 Å². The van der Waals surface area contributed by atoms with Gasteiger partial charge < -0.3 is 15.2 Å². The van der Waals surface area contributed by atoms with Crippen LogP contribution in [0.4, 0.5) is 17.6 Å². The smallest absolute Gasteiger partial charge is 0.428 e. The van der Waals surface area contributed by atoms with Crippen molar-refractivity contribution in [3.8, 4) is 5.75 Å². The van der Waals surface area contributed by atoms with Crippen molar-refractivity contribution >= 4 is 27.9 Å². The molecule has 3 aromatic carbocycles. The normalized spacial score (nSPS) is 14.9. The summed E-state index contributed by atoms with van der Waals surface area (Å²) in [5.74, 6) is -0.847. The monoisotopic (exact) mass is 591 g/mol. The van der Waals surface area contributed by atoms with Gasteiger partial charge in [0.25, 0.3) is 5.91 Å². The van der Waals surface area contributed by atoms with Gasteiger partial charge >= 0.3 is 12.5 Å². The molecule has 1 aliphatic rings. The number of fused-ring (bicyclic) bond motifs is 1. The molecule has 0 radical (unpaired) electrons. The Kier molecular flexibility index (Phi) is 8.89. The molecule has 2 atom stereocenters. The molecule has 0 aliphatic heterocycles. The second-order valence-corrected chi connectivity index (χ2v) is 9.98. The van der Waals surface area contributed by atoms with E-state index in [2.05, 4.69) is 26.0 Å². The van der Waals surface area contributed by atoms with E-state index in [9.17, 15) is 27.5 Å². The number of halogens is 5. The highest BCUT2D eigenvalue weighted by atomic mass is 79.9. The third-order valence-corrected chi connectivity index (χ3v) is 6.84. The first-order chi connectivity index (χ1) is 18.1. The Balaban J connectivity index is 1.63. The van der Waals surface area contributed by atoms with E-state index in [0.29, 0.717) is 16.7 Å². The van der Waals surface area contributed by atoms with Gasteiger partial charge in [0.15, 0.2) is 0 Å². The van der Waals surface area contributed by atoms with Crippen LogP contribution in [0.3, 0.4) is 0 Å². The van der Waals surface area contributed by atoms with Crippen LogP contribution in [-0.4, -0.2) is 29.6 Å². The fourth-order valence-corrected chi connectivity index (χ4v) is 4.67. The number of aliphatic hydroxyl groups is 1. The number of allylic oxidation sites excluding steroid dienone is 1. The van der Waals surface area contributed by atoms with E-state index in [1.165, 1.54) is 12.1 Å². The maximum absolute atomic E-state index is 13.5. The molecular formula is C29H26BrF4NO3. The SMILES string of the molecule is O=C(NC(Cc1cccc(OC(F)(F)C(F)F)c1)C(O)c1ccc(Br)cc1)c1cccc2c1C=CCCC2. The Morgan fingerprint density at radius 2 is 1.82 bits per heavy atom. The number of rotatable bonds is 9. The van der Waals surface area contributed by atoms with Gasteiger partial charge in [-0.1, -0.05) is 64.5 Å². The van der Waals surface area contributed by atoms with Crippen molar-refractivity contribution < 1.29 is 32.2 Å². The first kappa shape index (κ1) is 27.9. The molecule has 0 heterocycles. The summed E-state index contributed by atoms with van der Waals surface area (Å²) in [5.41, 5.74) is 3.27. The van der Waals surface area contributed by atoms with E-state index in [4.69, 9.17) is 0 Å². The number of carbonyl (C=O) groups is 1. The highest BCUT2D eigenvalue weighted by molar-refractivity contribution is 9.10. The van der Waals surface area contributed by atoms with Crippen LogP contribution in [0.1, 0.15) is 51.6 Å². The highest BCUT2D eigenvalue weighted by Crippen LogP contribution is 2.30. The van der Waals surface area contributed by atoms with Crippen LogP contribution in [-0.2, 0) is 12.8 Å². The number of aryl methyl sites for hydroxylation is 1. The molecule has 0 aromatic heterocycles. The first-order valence-corrected chi connectivity index (χ1v) is 12.9. The van der Waals surface area contributed by atoms with Crippen molar-refractivity contribution in [2.75, 3.05) is 0 Å². The van der Waals surface area contributed by atoms with Crippen molar-refractivity contribution in [2.45, 2.75) is 50.4 Å². The zero-order chi connectivity index (χ0) is 27.3. The number of benzene rings is 3. The lowest BCUT2D eigenvalue weighted by atomic mass is 9.94. The number of nitrogens with one attached hydrogen (secondary N) is 1. The number of alkyl halides is 4. The fourth-order valence-electron chi connectivity index (χ4n) is 4.41. The zero-order valence-corrected chi connectivity index (χ0v) is 21.8. The average Bonchev–Trinajstić information content (AvgIpc) is 3.14. The standard InChI is InChI=1S/C29H26BrF4NO3/c30-21-14-12-20(13-15-21)26(36)25(17-18-6-4-9-22(16-18)38-29(33,34)28(31)32)35-27(37)24-11-5-8-19-7-2-1-3-10-23(19)24/h3-6,8-16,25-26,28,36H,1-2,7,17H2,(H,35,37). The van der Waals surface area contributed by atoms with Gasteiger partial charge in [-0.2, -0.15) is 17.6 Å². The number of hydrogen-bond acceptors (Lipinski definition) is 3. The van der Waals surface area contributed by atoms with Crippen molar-refractivity contribution in [1.29, 1.82) is 0 Å². The molecule has 2 N–H and O–H groups in total. The van der Waals surface area contributed by atoms with Gasteiger partial charge in [0.1, 0.15) is 5.75 Å². The summed E-state index contributed by atoms with van der Waals surface area (Å²) in [6, 6.07) is 16.9. The van der Waals surface area contributed by atoms with Crippen molar-refractivity contribution in [3.05, 3.63) is 105 Å². The summed E-state index contributed by atoms with van der Waals surface area (Å²) in [6.45, 7) is 0. The Bertz CT molecular complexity index is 1300. The molecule has 0 saturated heterocycles. The fraction of sp³-hybridized carbons (Fsp3) is 0.276. The summed E-state index contributed by atoms with van der Waals surface area (Å²) >= 11 is 3.35. The summed E-state index contributed by atoms with van der Waals surface area (Å²) in [7, 11) is 0. The molecule has 0 spiro atoms. The van der Waals surface area contributed by atoms with E-state index in [1.807, 2.05) is 24.3 Å². The summed E-state index contributed by atoms with van der Waals surface area (Å²) in [6.07, 6.45) is -3.10. The second-order valence-electron chi connectivity index (χ2n) is 9.07. The third-order valence-electron chi connectivity index (χ3n) is 6.31. The number of amides is 1. The maximum Gasteiger partial charge on any atom is 0.461 e. The summed E-state index contributed by atoms with van der Waals surface area (Å²) in [5, 5.41) is 14.2. The molecule has 2 unspecified atom stereocenters. The predicted octanol–water partition coefficient (Wildman–Crippen LogP) is 7.11. The molecule has 4 rings (SSSR count). The minimum atomic E-state index is -4.65. The van der Waals surface area contributed by atoms with Crippen LogP contribution in [0, 0.1) is 0 Å². The van der Waals surface area contributed by atoms with Crippen LogP contribution in [0.5, 0.6) is 5.75 Å². The third kappa shape index (κ3) is 6.82. The van der Waals surface area contributed by atoms with E-state index >= 15 is 0 Å². The molecule has 0 bridgehead atoms. The molecule has 4 nitrogen and oxygen atoms in total. The van der Waals surface area contributed by atoms with E-state index < -0.39 is 36.3 Å². The van der Waals surface area contributed by atoms with Crippen LogP contribution < -0.4 is 10.1 Å². The van der Waals surface area contributed by atoms with Crippen molar-refractivity contribution in [1.82, 2.24) is 5.32 Å². The minimum Gasteiger partial charge on any atom is -0.428 e. The lowest BCUT2D eigenvalue weighted by Gasteiger charge is -2.26. The maximum atomic E-state index is 13.5. The molecule has 0 saturated carbocycles. The number of ether oxygens (including phenoxy) is 1. The summed E-state index contributed by atoms with van der Waals surface area (Å²) < 4.78 is 57.2. The second kappa shape index (κ2) is 12.1. The number of hydrogen-bond donors (Lipinski definition) is 2. The largest absolute Gasteiger partial charge is 0.461 e. The van der Waals surface area contributed by atoms with Gasteiger partial charge in [0.05, 0.1) is 12.1 Å². The Labute approximate surface area is 226 Å². The van der Waals surface area contributed by atoms with Crippen LogP contribution in [0.15, 0.2) is 77.3 Å². The summed E-state index contributed by atoms with van der Waals surface area (Å²) in [4.78, 5) is 13.5. The number of carbonyl (C=O) groups excluding carboxylic acids is 1. The molecule has 1 amide bonds. The van der Waals surface area contributed by atoms with Crippen molar-refractivity contribution in [3.63, 3.8) is 0 Å². The van der Waals surface area contributed by atoms with Gasteiger partial charge in [-0.3, -0.25) is 4.79 Å². The van der Waals surface area contributed by atoms with Gasteiger partial charge in [-0.15, -0.1) is 0 Å². The molecule has 1 aliphatic carbocycles. The molecule has 3 aromatic rings. The Morgan fingerprint density at radius 3 is 2.55 bits per heavy atom. The lowest BCUT2D eigenvalue weighted by molar-refractivity contribution is -0.253. The van der Waals surface area contributed by atoms with Crippen molar-refractivity contribution in [2.24, 2.45) is 0 Å². The molecule has 9 heteroatoms. The topological polar surface area (TPSA) is 58.6 Å². The first-order valence-electron chi connectivity index (χ1n) is 12.1. The lowest BCUT2D eigenvalue weighted by Crippen LogP contribution is -2.41. The highest BCUT2D eigenvalue weighted by Gasteiger charge is 2.44. The van der Waals surface area contributed by atoms with E-state index in [1.54, 1.807) is 36.4 Å². The molecule has 200 valence electrons. The number of aliphatic hydroxyl groups excluding tert-OH is 1. The zero-order valence-electron chi connectivity index (χ0n) is 20.2. The molecule has 38 heavy (non-hydrogen) atoms.